The third kappa shape index (κ3) is 9.69. The predicted molar refractivity (Wildman–Crippen MR) is 61.9 cm³/mol. The molecule has 1 unspecified atom stereocenters. The van der Waals surface area contributed by atoms with E-state index in [1.54, 1.807) is 0 Å². The van der Waals surface area contributed by atoms with Gasteiger partial charge in [0.1, 0.15) is 0 Å². The maximum atomic E-state index is 11.4. The molecule has 0 radical (unpaired) electrons. The summed E-state index contributed by atoms with van der Waals surface area (Å²) in [7, 11) is 0. The molecule has 1 amide bonds. The van der Waals surface area contributed by atoms with Gasteiger partial charge in [0, 0.05) is 18.2 Å². The second kappa shape index (κ2) is 6.80. The molecule has 0 fully saturated rings. The van der Waals surface area contributed by atoms with Gasteiger partial charge in [-0.2, -0.15) is 0 Å². The van der Waals surface area contributed by atoms with Crippen molar-refractivity contribution in [2.45, 2.75) is 46.2 Å². The monoisotopic (exact) mass is 216 g/mol. The molecule has 0 rings (SSSR count). The van der Waals surface area contributed by atoms with Gasteiger partial charge in [-0.05, 0) is 34.6 Å². The van der Waals surface area contributed by atoms with E-state index in [1.165, 1.54) is 0 Å². The lowest BCUT2D eigenvalue weighted by atomic mass is 10.1. The molecule has 0 saturated carbocycles. The van der Waals surface area contributed by atoms with Gasteiger partial charge in [-0.1, -0.05) is 0 Å². The van der Waals surface area contributed by atoms with Gasteiger partial charge in [0.2, 0.25) is 5.91 Å². The SMILES string of the molecule is CCOCC(C)NCC(=O)NC(C)(C)C. The quantitative estimate of drug-likeness (QED) is 0.694. The summed E-state index contributed by atoms with van der Waals surface area (Å²) in [5, 5.41) is 5.99. The van der Waals surface area contributed by atoms with Crippen molar-refractivity contribution in [1.82, 2.24) is 10.6 Å². The van der Waals surface area contributed by atoms with Gasteiger partial charge in [-0.15, -0.1) is 0 Å². The highest BCUT2D eigenvalue weighted by Crippen LogP contribution is 1.97. The van der Waals surface area contributed by atoms with Crippen molar-refractivity contribution < 1.29 is 9.53 Å². The summed E-state index contributed by atoms with van der Waals surface area (Å²) in [6.45, 7) is 11.5. The number of nitrogens with one attached hydrogen (secondary N) is 2. The van der Waals surface area contributed by atoms with Crippen LogP contribution >= 0.6 is 0 Å². The highest BCUT2D eigenvalue weighted by Gasteiger charge is 2.13. The molecule has 1 atom stereocenters. The molecule has 0 heterocycles. The third-order valence-corrected chi connectivity index (χ3v) is 1.70. The Morgan fingerprint density at radius 2 is 2.00 bits per heavy atom. The lowest BCUT2D eigenvalue weighted by Crippen LogP contribution is -2.46. The lowest BCUT2D eigenvalue weighted by Gasteiger charge is -2.21. The van der Waals surface area contributed by atoms with Crippen molar-refractivity contribution in [2.24, 2.45) is 0 Å². The maximum absolute atomic E-state index is 11.4. The number of carbonyl (C=O) groups is 1. The Balaban J connectivity index is 3.62. The number of amides is 1. The van der Waals surface area contributed by atoms with E-state index in [2.05, 4.69) is 10.6 Å². The first-order chi connectivity index (χ1) is 6.85. The van der Waals surface area contributed by atoms with E-state index in [9.17, 15) is 4.79 Å². The van der Waals surface area contributed by atoms with E-state index in [0.29, 0.717) is 19.8 Å². The van der Waals surface area contributed by atoms with Crippen LogP contribution in [0.2, 0.25) is 0 Å². The lowest BCUT2D eigenvalue weighted by molar-refractivity contribution is -0.121. The molecule has 0 aliphatic rings. The van der Waals surface area contributed by atoms with E-state index in [4.69, 9.17) is 4.74 Å². The normalized spacial score (nSPS) is 13.7. The van der Waals surface area contributed by atoms with Crippen molar-refractivity contribution in [3.8, 4) is 0 Å². The number of ether oxygens (including phenoxy) is 1. The van der Waals surface area contributed by atoms with Gasteiger partial charge < -0.3 is 15.4 Å². The van der Waals surface area contributed by atoms with E-state index in [0.717, 1.165) is 0 Å². The minimum Gasteiger partial charge on any atom is -0.380 e. The van der Waals surface area contributed by atoms with Crippen LogP contribution in [0.25, 0.3) is 0 Å². The molecular formula is C11H24N2O2. The topological polar surface area (TPSA) is 50.4 Å². The second-order valence-corrected chi connectivity index (χ2v) is 4.74. The summed E-state index contributed by atoms with van der Waals surface area (Å²) in [6.07, 6.45) is 0. The molecule has 0 bridgehead atoms. The Morgan fingerprint density at radius 1 is 1.40 bits per heavy atom. The fraction of sp³-hybridized carbons (Fsp3) is 0.909. The largest absolute Gasteiger partial charge is 0.380 e. The van der Waals surface area contributed by atoms with E-state index in [-0.39, 0.29) is 17.5 Å². The van der Waals surface area contributed by atoms with Crippen molar-refractivity contribution in [3.05, 3.63) is 0 Å². The van der Waals surface area contributed by atoms with E-state index < -0.39 is 0 Å². The smallest absolute Gasteiger partial charge is 0.234 e. The van der Waals surface area contributed by atoms with Crippen molar-refractivity contribution in [1.29, 1.82) is 0 Å². The molecule has 0 aromatic rings. The second-order valence-electron chi connectivity index (χ2n) is 4.74. The standard InChI is InChI=1S/C11H24N2O2/c1-6-15-8-9(2)12-7-10(14)13-11(3,4)5/h9,12H,6-8H2,1-5H3,(H,13,14). The minimum atomic E-state index is -0.165. The Bertz CT molecular complexity index is 188. The van der Waals surface area contributed by atoms with Gasteiger partial charge in [0.05, 0.1) is 13.2 Å². The van der Waals surface area contributed by atoms with Gasteiger partial charge in [0.15, 0.2) is 0 Å². The molecular weight excluding hydrogens is 192 g/mol. The van der Waals surface area contributed by atoms with Crippen LogP contribution in [0.5, 0.6) is 0 Å². The first-order valence-corrected chi connectivity index (χ1v) is 5.47. The van der Waals surface area contributed by atoms with Crippen LogP contribution < -0.4 is 10.6 Å². The number of hydrogen-bond acceptors (Lipinski definition) is 3. The highest BCUT2D eigenvalue weighted by molar-refractivity contribution is 5.78. The van der Waals surface area contributed by atoms with Crippen LogP contribution in [-0.2, 0) is 9.53 Å². The van der Waals surface area contributed by atoms with Gasteiger partial charge in [-0.3, -0.25) is 4.79 Å². The van der Waals surface area contributed by atoms with Crippen LogP contribution in [-0.4, -0.2) is 37.2 Å². The molecule has 90 valence electrons. The fourth-order valence-electron chi connectivity index (χ4n) is 1.08. The molecule has 4 nitrogen and oxygen atoms in total. The average Bonchev–Trinajstić information content (AvgIpc) is 2.08. The molecule has 15 heavy (non-hydrogen) atoms. The molecule has 0 aromatic heterocycles. The number of hydrogen-bond donors (Lipinski definition) is 2. The zero-order valence-electron chi connectivity index (χ0n) is 10.5. The van der Waals surface area contributed by atoms with E-state index in [1.807, 2.05) is 34.6 Å². The highest BCUT2D eigenvalue weighted by atomic mass is 16.5. The predicted octanol–water partition coefficient (Wildman–Crippen LogP) is 0.916. The zero-order chi connectivity index (χ0) is 11.9. The van der Waals surface area contributed by atoms with Gasteiger partial charge >= 0.3 is 0 Å². The molecule has 0 spiro atoms. The summed E-state index contributed by atoms with van der Waals surface area (Å²) < 4.78 is 5.23. The van der Waals surface area contributed by atoms with Crippen LogP contribution in [0.3, 0.4) is 0 Å². The summed E-state index contributed by atoms with van der Waals surface area (Å²) >= 11 is 0. The van der Waals surface area contributed by atoms with Crippen molar-refractivity contribution >= 4 is 5.91 Å². The van der Waals surface area contributed by atoms with Crippen molar-refractivity contribution in [3.63, 3.8) is 0 Å². The Kier molecular flexibility index (Phi) is 6.52. The zero-order valence-corrected chi connectivity index (χ0v) is 10.5. The van der Waals surface area contributed by atoms with Crippen molar-refractivity contribution in [2.75, 3.05) is 19.8 Å². The molecule has 0 aliphatic carbocycles. The summed E-state index contributed by atoms with van der Waals surface area (Å²) in [4.78, 5) is 11.4. The van der Waals surface area contributed by atoms with Crippen LogP contribution in [0.15, 0.2) is 0 Å². The number of carbonyl (C=O) groups excluding carboxylic acids is 1. The average molecular weight is 216 g/mol. The van der Waals surface area contributed by atoms with Crippen LogP contribution in [0, 0.1) is 0 Å². The van der Waals surface area contributed by atoms with Crippen LogP contribution in [0.1, 0.15) is 34.6 Å². The number of rotatable bonds is 6. The van der Waals surface area contributed by atoms with Gasteiger partial charge in [-0.25, -0.2) is 0 Å². The molecule has 0 aliphatic heterocycles. The maximum Gasteiger partial charge on any atom is 0.234 e. The Labute approximate surface area is 92.8 Å². The first kappa shape index (κ1) is 14.4. The summed E-state index contributed by atoms with van der Waals surface area (Å²) in [5.41, 5.74) is -0.165. The Morgan fingerprint density at radius 3 is 2.47 bits per heavy atom. The molecule has 0 aromatic carbocycles. The summed E-state index contributed by atoms with van der Waals surface area (Å²) in [6, 6.07) is 0.204. The molecule has 0 saturated heterocycles. The van der Waals surface area contributed by atoms with Gasteiger partial charge in [0.25, 0.3) is 0 Å². The van der Waals surface area contributed by atoms with E-state index >= 15 is 0 Å². The Hall–Kier alpha value is -0.610. The first-order valence-electron chi connectivity index (χ1n) is 5.47. The fourth-order valence-corrected chi connectivity index (χ4v) is 1.08. The van der Waals surface area contributed by atoms with Crippen LogP contribution in [0.4, 0.5) is 0 Å². The molecule has 4 heteroatoms. The minimum absolute atomic E-state index is 0.0193. The molecule has 2 N–H and O–H groups in total. The third-order valence-electron chi connectivity index (χ3n) is 1.70. The summed E-state index contributed by atoms with van der Waals surface area (Å²) in [5.74, 6) is 0.0193.